The predicted octanol–water partition coefficient (Wildman–Crippen LogP) is 3.79. The van der Waals surface area contributed by atoms with Crippen LogP contribution in [0.4, 0.5) is 0 Å². The average molecular weight is 353 g/mol. The second-order valence-corrected chi connectivity index (χ2v) is 6.97. The van der Waals surface area contributed by atoms with Crippen molar-refractivity contribution in [2.75, 3.05) is 18.4 Å². The molecule has 0 aliphatic carbocycles. The molecule has 2 aromatic rings. The lowest BCUT2D eigenvalue weighted by molar-refractivity contribution is -0.131. The summed E-state index contributed by atoms with van der Waals surface area (Å²) in [5, 5.41) is 1.99. The molecule has 5 heteroatoms. The summed E-state index contributed by atoms with van der Waals surface area (Å²) in [6, 6.07) is 8.30. The van der Waals surface area contributed by atoms with Crippen LogP contribution in [0, 0.1) is 0 Å². The molecule has 0 N–H and O–H groups in total. The number of rotatable bonds is 3. The maximum Gasteiger partial charge on any atom is 0.223 e. The first kappa shape index (κ1) is 14.0. The number of alkyl halides is 1. The Labute approximate surface area is 131 Å². The van der Waals surface area contributed by atoms with Gasteiger partial charge in [-0.1, -0.05) is 28.1 Å². The minimum Gasteiger partial charge on any atom is -0.343 e. The van der Waals surface area contributed by atoms with Gasteiger partial charge < -0.3 is 4.90 Å². The number of likely N-dealkylation sites (tertiary alicyclic amines) is 1. The number of amides is 1. The molecule has 1 amide bonds. The second-order valence-electron chi connectivity index (χ2n) is 5.11. The third kappa shape index (κ3) is 2.88. The number of carbonyl (C=O) groups excluding carboxylic acids is 1. The molecule has 1 aromatic carbocycles. The van der Waals surface area contributed by atoms with Crippen molar-refractivity contribution in [3.63, 3.8) is 0 Å². The highest BCUT2D eigenvalue weighted by atomic mass is 79.9. The molecule has 1 saturated heterocycles. The summed E-state index contributed by atoms with van der Waals surface area (Å²) < 4.78 is 1.26. The van der Waals surface area contributed by atoms with E-state index in [0.717, 1.165) is 36.8 Å². The number of hydrogen-bond donors (Lipinski definition) is 0. The molecule has 3 nitrogen and oxygen atoms in total. The first-order valence-electron chi connectivity index (χ1n) is 6.97. The van der Waals surface area contributed by atoms with Gasteiger partial charge in [0.05, 0.1) is 15.2 Å². The summed E-state index contributed by atoms with van der Waals surface area (Å²) in [4.78, 5) is 18.6. The maximum absolute atomic E-state index is 11.9. The van der Waals surface area contributed by atoms with E-state index in [0.29, 0.717) is 12.3 Å². The zero-order chi connectivity index (χ0) is 13.9. The van der Waals surface area contributed by atoms with Crippen molar-refractivity contribution in [2.45, 2.75) is 25.2 Å². The van der Waals surface area contributed by atoms with Crippen molar-refractivity contribution in [1.29, 1.82) is 0 Å². The molecule has 3 rings (SSSR count). The Morgan fingerprint density at radius 1 is 1.35 bits per heavy atom. The molecule has 106 valence electrons. The van der Waals surface area contributed by atoms with Crippen LogP contribution >= 0.6 is 27.3 Å². The van der Waals surface area contributed by atoms with Crippen molar-refractivity contribution in [1.82, 2.24) is 9.88 Å². The van der Waals surface area contributed by atoms with Gasteiger partial charge in [0, 0.05) is 30.8 Å². The summed E-state index contributed by atoms with van der Waals surface area (Å²) >= 11 is 5.13. The van der Waals surface area contributed by atoms with Gasteiger partial charge in [-0.15, -0.1) is 11.3 Å². The van der Waals surface area contributed by atoms with Gasteiger partial charge in [-0.25, -0.2) is 4.98 Å². The summed E-state index contributed by atoms with van der Waals surface area (Å²) in [5.41, 5.74) is 1.10. The second kappa shape index (κ2) is 6.22. The Hall–Kier alpha value is -0.940. The Balaban J connectivity index is 1.67. The molecule has 0 spiro atoms. The Kier molecular flexibility index (Phi) is 4.36. The third-order valence-electron chi connectivity index (χ3n) is 3.82. The number of carbonyl (C=O) groups is 1. The normalized spacial score (nSPS) is 16.8. The van der Waals surface area contributed by atoms with E-state index < -0.39 is 0 Å². The topological polar surface area (TPSA) is 33.2 Å². The number of hydrogen-bond acceptors (Lipinski definition) is 3. The van der Waals surface area contributed by atoms with Gasteiger partial charge in [-0.2, -0.15) is 0 Å². The fourth-order valence-electron chi connectivity index (χ4n) is 2.68. The van der Waals surface area contributed by atoms with Crippen LogP contribution in [0.2, 0.25) is 0 Å². The van der Waals surface area contributed by atoms with Crippen LogP contribution in [0.3, 0.4) is 0 Å². The monoisotopic (exact) mass is 352 g/mol. The summed E-state index contributed by atoms with van der Waals surface area (Å²) in [5.74, 6) is 0.782. The predicted molar refractivity (Wildman–Crippen MR) is 86.6 cm³/mol. The van der Waals surface area contributed by atoms with E-state index in [-0.39, 0.29) is 5.91 Å². The lowest BCUT2D eigenvalue weighted by Gasteiger charge is -2.31. The van der Waals surface area contributed by atoms with Gasteiger partial charge >= 0.3 is 0 Å². The lowest BCUT2D eigenvalue weighted by atomic mass is 9.97. The van der Waals surface area contributed by atoms with E-state index >= 15 is 0 Å². The summed E-state index contributed by atoms with van der Waals surface area (Å²) in [7, 11) is 0. The van der Waals surface area contributed by atoms with Crippen LogP contribution in [-0.2, 0) is 4.79 Å². The standard InChI is InChI=1S/C15H17BrN2OS/c16-8-5-14(19)18-9-6-11(7-10-18)15-17-12-3-1-2-4-13(12)20-15/h1-4,11H,5-10H2. The van der Waals surface area contributed by atoms with Crippen molar-refractivity contribution in [2.24, 2.45) is 0 Å². The molecule has 1 fully saturated rings. The molecule has 0 radical (unpaired) electrons. The molecule has 0 saturated carbocycles. The average Bonchev–Trinajstić information content (AvgIpc) is 2.91. The van der Waals surface area contributed by atoms with Crippen LogP contribution in [0.25, 0.3) is 10.2 Å². The van der Waals surface area contributed by atoms with Gasteiger partial charge in [-0.3, -0.25) is 4.79 Å². The molecule has 2 heterocycles. The lowest BCUT2D eigenvalue weighted by Crippen LogP contribution is -2.37. The highest BCUT2D eigenvalue weighted by Crippen LogP contribution is 2.33. The van der Waals surface area contributed by atoms with Crippen LogP contribution in [0.1, 0.15) is 30.2 Å². The molecule has 0 unspecified atom stereocenters. The minimum atomic E-state index is 0.268. The van der Waals surface area contributed by atoms with Crippen molar-refractivity contribution in [3.05, 3.63) is 29.3 Å². The van der Waals surface area contributed by atoms with Gasteiger partial charge in [-0.05, 0) is 25.0 Å². The summed E-state index contributed by atoms with van der Waals surface area (Å²) in [6.07, 6.45) is 2.67. The fraction of sp³-hybridized carbons (Fsp3) is 0.467. The highest BCUT2D eigenvalue weighted by molar-refractivity contribution is 9.09. The van der Waals surface area contributed by atoms with E-state index in [2.05, 4.69) is 34.1 Å². The minimum absolute atomic E-state index is 0.268. The van der Waals surface area contributed by atoms with E-state index in [1.54, 1.807) is 11.3 Å². The third-order valence-corrected chi connectivity index (χ3v) is 5.41. The molecular weight excluding hydrogens is 336 g/mol. The van der Waals surface area contributed by atoms with E-state index in [9.17, 15) is 4.79 Å². The quantitative estimate of drug-likeness (QED) is 0.787. The van der Waals surface area contributed by atoms with Crippen LogP contribution in [-0.4, -0.2) is 34.2 Å². The van der Waals surface area contributed by atoms with Crippen LogP contribution in [0.5, 0.6) is 0 Å². The molecule has 1 aliphatic heterocycles. The van der Waals surface area contributed by atoms with Gasteiger partial charge in [0.25, 0.3) is 0 Å². The number of halogens is 1. The van der Waals surface area contributed by atoms with E-state index in [1.807, 2.05) is 11.0 Å². The molecule has 20 heavy (non-hydrogen) atoms. The van der Waals surface area contributed by atoms with Crippen molar-refractivity contribution in [3.8, 4) is 0 Å². The first-order chi connectivity index (χ1) is 9.78. The molecule has 0 atom stereocenters. The fourth-order valence-corrected chi connectivity index (χ4v) is 4.16. The Morgan fingerprint density at radius 3 is 2.80 bits per heavy atom. The zero-order valence-corrected chi connectivity index (χ0v) is 13.6. The summed E-state index contributed by atoms with van der Waals surface area (Å²) in [6.45, 7) is 1.73. The first-order valence-corrected chi connectivity index (χ1v) is 8.91. The number of fused-ring (bicyclic) bond motifs is 1. The van der Waals surface area contributed by atoms with Gasteiger partial charge in [0.15, 0.2) is 0 Å². The van der Waals surface area contributed by atoms with Crippen molar-refractivity contribution < 1.29 is 4.79 Å². The number of para-hydroxylation sites is 1. The number of thiazole rings is 1. The van der Waals surface area contributed by atoms with Gasteiger partial charge in [0.2, 0.25) is 5.91 Å². The molecule has 1 aliphatic rings. The molecular formula is C15H17BrN2OS. The highest BCUT2D eigenvalue weighted by Gasteiger charge is 2.25. The number of aromatic nitrogens is 1. The molecule has 1 aromatic heterocycles. The van der Waals surface area contributed by atoms with E-state index in [4.69, 9.17) is 4.98 Å². The maximum atomic E-state index is 11.9. The van der Waals surface area contributed by atoms with E-state index in [1.165, 1.54) is 9.71 Å². The Morgan fingerprint density at radius 2 is 2.10 bits per heavy atom. The largest absolute Gasteiger partial charge is 0.343 e. The van der Waals surface area contributed by atoms with Crippen molar-refractivity contribution >= 4 is 43.4 Å². The van der Waals surface area contributed by atoms with Crippen LogP contribution in [0.15, 0.2) is 24.3 Å². The number of nitrogens with zero attached hydrogens (tertiary/aromatic N) is 2. The molecule has 0 bridgehead atoms. The zero-order valence-electron chi connectivity index (χ0n) is 11.2. The smallest absolute Gasteiger partial charge is 0.223 e. The number of benzene rings is 1. The van der Waals surface area contributed by atoms with Gasteiger partial charge in [0.1, 0.15) is 0 Å². The SMILES string of the molecule is O=C(CCBr)N1CCC(c2nc3ccccc3s2)CC1. The Bertz CT molecular complexity index is 572. The number of piperidine rings is 1. The van der Waals surface area contributed by atoms with Crippen LogP contribution < -0.4 is 0 Å².